The molecule has 1 aromatic heterocycles. The van der Waals surface area contributed by atoms with Gasteiger partial charge in [0, 0.05) is 23.7 Å². The van der Waals surface area contributed by atoms with Gasteiger partial charge in [0.1, 0.15) is 5.56 Å². The minimum absolute atomic E-state index is 0.00423. The number of nitro benzene ring substituents is 1. The Morgan fingerprint density at radius 1 is 1.32 bits per heavy atom. The number of aromatic nitrogens is 1. The Morgan fingerprint density at radius 2 is 2.00 bits per heavy atom. The van der Waals surface area contributed by atoms with Gasteiger partial charge in [-0.25, -0.2) is 4.79 Å². The van der Waals surface area contributed by atoms with Crippen LogP contribution in [-0.4, -0.2) is 35.7 Å². The second-order valence-corrected chi connectivity index (χ2v) is 6.38. The van der Waals surface area contributed by atoms with Crippen LogP contribution >= 0.6 is 0 Å². The van der Waals surface area contributed by atoms with Crippen LogP contribution in [0.15, 0.2) is 16.7 Å². The Kier molecular flexibility index (Phi) is 6.34. The van der Waals surface area contributed by atoms with Crippen molar-refractivity contribution in [2.24, 2.45) is 0 Å². The Bertz CT molecular complexity index is 918. The van der Waals surface area contributed by atoms with Crippen LogP contribution in [0.2, 0.25) is 0 Å². The molecule has 1 aromatic carbocycles. The molecule has 0 saturated heterocycles. The van der Waals surface area contributed by atoms with Crippen LogP contribution < -0.4 is 10.1 Å². The van der Waals surface area contributed by atoms with E-state index < -0.39 is 23.4 Å². The first-order chi connectivity index (χ1) is 13.1. The SMILES string of the molecule is COc1cc(NC(=O)COC(=O)c2c(C)noc2C(C)C)c(C)cc1[N+](=O)[O-]. The molecule has 0 aliphatic carbocycles. The van der Waals surface area contributed by atoms with Crippen molar-refractivity contribution < 1.29 is 28.5 Å². The molecule has 0 spiro atoms. The number of nitrogens with zero attached hydrogens (tertiary/aromatic N) is 2. The summed E-state index contributed by atoms with van der Waals surface area (Å²) < 4.78 is 15.2. The minimum atomic E-state index is -0.712. The van der Waals surface area contributed by atoms with Crippen molar-refractivity contribution in [1.29, 1.82) is 0 Å². The number of benzene rings is 1. The fourth-order valence-corrected chi connectivity index (χ4v) is 2.53. The van der Waals surface area contributed by atoms with Gasteiger partial charge in [-0.05, 0) is 19.4 Å². The van der Waals surface area contributed by atoms with E-state index in [1.54, 1.807) is 13.8 Å². The molecule has 28 heavy (non-hydrogen) atoms. The van der Waals surface area contributed by atoms with Crippen LogP contribution in [0.3, 0.4) is 0 Å². The Hall–Kier alpha value is -3.43. The summed E-state index contributed by atoms with van der Waals surface area (Å²) in [6, 6.07) is 2.63. The summed E-state index contributed by atoms with van der Waals surface area (Å²) >= 11 is 0. The molecule has 0 radical (unpaired) electrons. The number of aryl methyl sites for hydroxylation is 2. The number of nitro groups is 1. The van der Waals surface area contributed by atoms with Crippen molar-refractivity contribution in [2.75, 3.05) is 19.0 Å². The molecule has 10 heteroatoms. The molecule has 0 aliphatic heterocycles. The van der Waals surface area contributed by atoms with Crippen molar-refractivity contribution in [1.82, 2.24) is 5.16 Å². The second-order valence-electron chi connectivity index (χ2n) is 6.38. The molecule has 1 amide bonds. The van der Waals surface area contributed by atoms with Crippen molar-refractivity contribution in [2.45, 2.75) is 33.6 Å². The zero-order valence-corrected chi connectivity index (χ0v) is 16.2. The van der Waals surface area contributed by atoms with Crippen LogP contribution in [0.5, 0.6) is 5.75 Å². The van der Waals surface area contributed by atoms with E-state index in [9.17, 15) is 19.7 Å². The van der Waals surface area contributed by atoms with Gasteiger partial charge in [-0.2, -0.15) is 0 Å². The third-order valence-electron chi connectivity index (χ3n) is 3.95. The molecule has 10 nitrogen and oxygen atoms in total. The number of esters is 1. The Labute approximate surface area is 160 Å². The fourth-order valence-electron chi connectivity index (χ4n) is 2.53. The van der Waals surface area contributed by atoms with Crippen LogP contribution in [-0.2, 0) is 9.53 Å². The summed E-state index contributed by atoms with van der Waals surface area (Å²) in [5.41, 5.74) is 1.14. The van der Waals surface area contributed by atoms with Crippen LogP contribution in [0.4, 0.5) is 11.4 Å². The van der Waals surface area contributed by atoms with E-state index in [0.29, 0.717) is 22.7 Å². The van der Waals surface area contributed by atoms with Gasteiger partial charge in [0.05, 0.1) is 17.7 Å². The molecule has 1 heterocycles. The maximum Gasteiger partial charge on any atom is 0.344 e. The number of nitrogens with one attached hydrogen (secondary N) is 1. The van der Waals surface area contributed by atoms with Crippen molar-refractivity contribution >= 4 is 23.3 Å². The van der Waals surface area contributed by atoms with E-state index in [0.717, 1.165) is 0 Å². The Morgan fingerprint density at radius 3 is 2.57 bits per heavy atom. The average Bonchev–Trinajstić information content (AvgIpc) is 3.02. The highest BCUT2D eigenvalue weighted by Gasteiger charge is 2.25. The second kappa shape index (κ2) is 8.51. The number of methoxy groups -OCH3 is 1. The molecule has 0 bridgehead atoms. The quantitative estimate of drug-likeness (QED) is 0.432. The van der Waals surface area contributed by atoms with E-state index in [2.05, 4.69) is 10.5 Å². The van der Waals surface area contributed by atoms with Crippen molar-refractivity contribution in [3.63, 3.8) is 0 Å². The predicted octanol–water partition coefficient (Wildman–Crippen LogP) is 3.13. The van der Waals surface area contributed by atoms with Gasteiger partial charge in [-0.15, -0.1) is 0 Å². The molecule has 150 valence electrons. The lowest BCUT2D eigenvalue weighted by Gasteiger charge is -2.11. The van der Waals surface area contributed by atoms with Crippen LogP contribution in [0.1, 0.15) is 47.1 Å². The first-order valence-electron chi connectivity index (χ1n) is 8.41. The van der Waals surface area contributed by atoms with Gasteiger partial charge in [-0.3, -0.25) is 14.9 Å². The highest BCUT2D eigenvalue weighted by atomic mass is 16.6. The number of hydrogen-bond donors (Lipinski definition) is 1. The smallest absolute Gasteiger partial charge is 0.344 e. The molecule has 2 aromatic rings. The monoisotopic (exact) mass is 391 g/mol. The Balaban J connectivity index is 2.08. The number of amides is 1. The third-order valence-corrected chi connectivity index (χ3v) is 3.95. The van der Waals surface area contributed by atoms with Gasteiger partial charge < -0.3 is 19.3 Å². The number of carbonyl (C=O) groups is 2. The molecular weight excluding hydrogens is 370 g/mol. The van der Waals surface area contributed by atoms with Crippen LogP contribution in [0.25, 0.3) is 0 Å². The zero-order chi connectivity index (χ0) is 21.0. The number of carbonyl (C=O) groups excluding carboxylic acids is 2. The topological polar surface area (TPSA) is 134 Å². The maximum absolute atomic E-state index is 12.3. The molecule has 2 rings (SSSR count). The summed E-state index contributed by atoms with van der Waals surface area (Å²) in [5.74, 6) is -1.00. The van der Waals surface area contributed by atoms with E-state index in [1.165, 1.54) is 19.2 Å². The predicted molar refractivity (Wildman–Crippen MR) is 98.6 cm³/mol. The zero-order valence-electron chi connectivity index (χ0n) is 16.2. The molecule has 0 fully saturated rings. The number of hydrogen-bond acceptors (Lipinski definition) is 8. The van der Waals surface area contributed by atoms with E-state index in [4.69, 9.17) is 14.0 Å². The normalized spacial score (nSPS) is 10.6. The van der Waals surface area contributed by atoms with Gasteiger partial charge in [0.2, 0.25) is 0 Å². The fraction of sp³-hybridized carbons (Fsp3) is 0.389. The first kappa shape index (κ1) is 20.9. The van der Waals surface area contributed by atoms with Crippen LogP contribution in [0, 0.1) is 24.0 Å². The lowest BCUT2D eigenvalue weighted by atomic mass is 10.1. The molecular formula is C18H21N3O7. The van der Waals surface area contributed by atoms with Gasteiger partial charge in [0.15, 0.2) is 18.1 Å². The van der Waals surface area contributed by atoms with E-state index in [-0.39, 0.29) is 22.9 Å². The van der Waals surface area contributed by atoms with Gasteiger partial charge >= 0.3 is 11.7 Å². The number of rotatable bonds is 7. The summed E-state index contributed by atoms with van der Waals surface area (Å²) in [7, 11) is 1.29. The highest BCUT2D eigenvalue weighted by molar-refractivity contribution is 5.97. The minimum Gasteiger partial charge on any atom is -0.490 e. The molecule has 0 aliphatic rings. The largest absolute Gasteiger partial charge is 0.490 e. The van der Waals surface area contributed by atoms with Crippen molar-refractivity contribution in [3.8, 4) is 5.75 Å². The number of ether oxygens (including phenoxy) is 2. The van der Waals surface area contributed by atoms with E-state index >= 15 is 0 Å². The first-order valence-corrected chi connectivity index (χ1v) is 8.41. The molecule has 0 unspecified atom stereocenters. The summed E-state index contributed by atoms with van der Waals surface area (Å²) in [6.07, 6.45) is 0. The standard InChI is InChI=1S/C18H21N3O7/c1-9(2)17-16(11(4)20-28-17)18(23)27-8-15(22)19-12-7-14(26-5)13(21(24)25)6-10(12)3/h6-7,9H,8H2,1-5H3,(H,19,22). The summed E-state index contributed by atoms with van der Waals surface area (Å²) in [5, 5.41) is 17.3. The molecule has 0 saturated carbocycles. The summed E-state index contributed by atoms with van der Waals surface area (Å²) in [6.45, 7) is 6.35. The summed E-state index contributed by atoms with van der Waals surface area (Å²) in [4.78, 5) is 34.9. The highest BCUT2D eigenvalue weighted by Crippen LogP contribution is 2.32. The van der Waals surface area contributed by atoms with E-state index in [1.807, 2.05) is 13.8 Å². The molecule has 1 N–H and O–H groups in total. The molecule has 0 atom stereocenters. The lowest BCUT2D eigenvalue weighted by Crippen LogP contribution is -2.22. The average molecular weight is 391 g/mol. The van der Waals surface area contributed by atoms with Crippen molar-refractivity contribution in [3.05, 3.63) is 44.8 Å². The number of anilines is 1. The van der Waals surface area contributed by atoms with Gasteiger partial charge in [-0.1, -0.05) is 19.0 Å². The van der Waals surface area contributed by atoms with Gasteiger partial charge in [0.25, 0.3) is 5.91 Å². The third kappa shape index (κ3) is 4.45. The maximum atomic E-state index is 12.3. The lowest BCUT2D eigenvalue weighted by molar-refractivity contribution is -0.385.